The van der Waals surface area contributed by atoms with Gasteiger partial charge in [0.2, 0.25) is 0 Å². The van der Waals surface area contributed by atoms with Crippen molar-refractivity contribution in [3.05, 3.63) is 40.4 Å². The molecular formula is C13H13BrFN3O2. The highest BCUT2D eigenvalue weighted by atomic mass is 79.9. The zero-order chi connectivity index (χ0) is 14.5. The number of benzene rings is 1. The number of unbranched alkanes of at least 4 members (excludes halogenated alkanes) is 1. The van der Waals surface area contributed by atoms with E-state index in [1.165, 1.54) is 10.7 Å². The van der Waals surface area contributed by atoms with Gasteiger partial charge in [0.05, 0.1) is 11.9 Å². The maximum absolute atomic E-state index is 13.8. The first-order valence-corrected chi connectivity index (χ1v) is 6.94. The van der Waals surface area contributed by atoms with E-state index in [4.69, 9.17) is 5.11 Å². The first kappa shape index (κ1) is 14.6. The minimum absolute atomic E-state index is 0.148. The molecule has 20 heavy (non-hydrogen) atoms. The average Bonchev–Trinajstić information content (AvgIpc) is 2.83. The van der Waals surface area contributed by atoms with Crippen LogP contribution < -0.4 is 0 Å². The Bertz CT molecular complexity index is 615. The fourth-order valence-electron chi connectivity index (χ4n) is 1.78. The number of hydrogen-bond acceptors (Lipinski definition) is 3. The predicted octanol–water partition coefficient (Wildman–Crippen LogP) is 2.97. The molecule has 0 fully saturated rings. The van der Waals surface area contributed by atoms with E-state index < -0.39 is 5.97 Å². The molecule has 106 valence electrons. The number of halogens is 2. The third-order valence-corrected chi connectivity index (χ3v) is 3.26. The molecule has 0 bridgehead atoms. The highest BCUT2D eigenvalue weighted by Gasteiger charge is 2.08. The van der Waals surface area contributed by atoms with Crippen molar-refractivity contribution in [3.63, 3.8) is 0 Å². The summed E-state index contributed by atoms with van der Waals surface area (Å²) in [7, 11) is 0. The number of carboxylic acid groups (broad SMARTS) is 1. The molecule has 0 amide bonds. The van der Waals surface area contributed by atoms with Crippen LogP contribution in [0.2, 0.25) is 0 Å². The molecule has 0 saturated heterocycles. The van der Waals surface area contributed by atoms with Crippen molar-refractivity contribution in [2.45, 2.75) is 25.7 Å². The van der Waals surface area contributed by atoms with Gasteiger partial charge < -0.3 is 5.11 Å². The summed E-state index contributed by atoms with van der Waals surface area (Å²) in [5.74, 6) is -1.19. The van der Waals surface area contributed by atoms with Crippen LogP contribution in [0.5, 0.6) is 0 Å². The van der Waals surface area contributed by atoms with E-state index in [2.05, 4.69) is 26.2 Å². The molecule has 1 heterocycles. The van der Waals surface area contributed by atoms with Gasteiger partial charge in [0.25, 0.3) is 0 Å². The number of hydrogen-bond donors (Lipinski definition) is 1. The first-order valence-electron chi connectivity index (χ1n) is 6.14. The van der Waals surface area contributed by atoms with Gasteiger partial charge in [-0.15, -0.1) is 5.10 Å². The fraction of sp³-hybridized carbons (Fsp3) is 0.308. The Morgan fingerprint density at radius 3 is 2.90 bits per heavy atom. The maximum atomic E-state index is 13.8. The largest absolute Gasteiger partial charge is 0.481 e. The van der Waals surface area contributed by atoms with Crippen molar-refractivity contribution in [3.8, 4) is 5.69 Å². The lowest BCUT2D eigenvalue weighted by Crippen LogP contribution is -1.98. The molecule has 7 heteroatoms. The topological polar surface area (TPSA) is 68.0 Å². The SMILES string of the molecule is O=C(O)CCCCc1cn(-c2ccc(Br)cc2F)nn1. The molecule has 0 unspecified atom stereocenters. The van der Waals surface area contributed by atoms with Crippen LogP contribution in [0.1, 0.15) is 25.0 Å². The highest BCUT2D eigenvalue weighted by Crippen LogP contribution is 2.18. The first-order chi connectivity index (χ1) is 9.56. The van der Waals surface area contributed by atoms with E-state index in [-0.39, 0.29) is 12.2 Å². The summed E-state index contributed by atoms with van der Waals surface area (Å²) in [6.07, 6.45) is 3.75. The molecule has 0 atom stereocenters. The monoisotopic (exact) mass is 341 g/mol. The number of rotatable bonds is 6. The molecule has 0 spiro atoms. The van der Waals surface area contributed by atoms with Gasteiger partial charge in [0, 0.05) is 10.9 Å². The van der Waals surface area contributed by atoms with Crippen molar-refractivity contribution < 1.29 is 14.3 Å². The van der Waals surface area contributed by atoms with Crippen LogP contribution in [-0.4, -0.2) is 26.1 Å². The quantitative estimate of drug-likeness (QED) is 0.820. The lowest BCUT2D eigenvalue weighted by Gasteiger charge is -2.01. The van der Waals surface area contributed by atoms with E-state index >= 15 is 0 Å². The second kappa shape index (κ2) is 6.60. The Kier molecular flexibility index (Phi) is 4.84. The summed E-state index contributed by atoms with van der Waals surface area (Å²) in [6, 6.07) is 4.71. The summed E-state index contributed by atoms with van der Waals surface area (Å²) in [5.41, 5.74) is 1.05. The third kappa shape index (κ3) is 3.86. The number of aromatic nitrogens is 3. The van der Waals surface area contributed by atoms with E-state index in [1.54, 1.807) is 18.3 Å². The van der Waals surface area contributed by atoms with Crippen molar-refractivity contribution in [2.75, 3.05) is 0 Å². The zero-order valence-electron chi connectivity index (χ0n) is 10.6. The van der Waals surface area contributed by atoms with E-state index in [9.17, 15) is 9.18 Å². The summed E-state index contributed by atoms with van der Waals surface area (Å²) in [6.45, 7) is 0. The minimum atomic E-state index is -0.800. The molecule has 0 aliphatic heterocycles. The molecular weight excluding hydrogens is 329 g/mol. The number of aryl methyl sites for hydroxylation is 1. The second-order valence-electron chi connectivity index (χ2n) is 4.35. The Hall–Kier alpha value is -1.76. The van der Waals surface area contributed by atoms with Crippen LogP contribution in [0.3, 0.4) is 0 Å². The average molecular weight is 342 g/mol. The molecule has 2 rings (SSSR count). The van der Waals surface area contributed by atoms with Gasteiger partial charge in [-0.05, 0) is 37.5 Å². The normalized spacial score (nSPS) is 10.7. The standard InChI is InChI=1S/C13H13BrFN3O2/c14-9-5-6-12(11(15)7-9)18-8-10(16-17-18)3-1-2-4-13(19)20/h5-8H,1-4H2,(H,19,20). The van der Waals surface area contributed by atoms with Gasteiger partial charge in [0.1, 0.15) is 11.5 Å². The fourth-order valence-corrected chi connectivity index (χ4v) is 2.11. The van der Waals surface area contributed by atoms with Gasteiger partial charge in [-0.2, -0.15) is 0 Å². The van der Waals surface area contributed by atoms with Crippen molar-refractivity contribution in [2.24, 2.45) is 0 Å². The summed E-state index contributed by atoms with van der Waals surface area (Å²) < 4.78 is 15.8. The molecule has 1 aromatic carbocycles. The van der Waals surface area contributed by atoms with E-state index in [1.807, 2.05) is 0 Å². The molecule has 0 aliphatic rings. The van der Waals surface area contributed by atoms with Crippen LogP contribution in [0.4, 0.5) is 4.39 Å². The van der Waals surface area contributed by atoms with Crippen LogP contribution in [0.25, 0.3) is 5.69 Å². The van der Waals surface area contributed by atoms with Gasteiger partial charge in [-0.1, -0.05) is 21.1 Å². The number of aliphatic carboxylic acids is 1. The van der Waals surface area contributed by atoms with Gasteiger partial charge in [-0.25, -0.2) is 9.07 Å². The molecule has 2 aromatic rings. The Labute approximate surface area is 123 Å². The molecule has 1 aromatic heterocycles. The Morgan fingerprint density at radius 2 is 2.20 bits per heavy atom. The Morgan fingerprint density at radius 1 is 1.40 bits per heavy atom. The van der Waals surface area contributed by atoms with E-state index in [0.29, 0.717) is 29.4 Å². The summed E-state index contributed by atoms with van der Waals surface area (Å²) >= 11 is 3.19. The van der Waals surface area contributed by atoms with Crippen molar-refractivity contribution >= 4 is 21.9 Å². The van der Waals surface area contributed by atoms with Crippen molar-refractivity contribution in [1.82, 2.24) is 15.0 Å². The molecule has 1 N–H and O–H groups in total. The smallest absolute Gasteiger partial charge is 0.303 e. The number of nitrogens with zero attached hydrogens (tertiary/aromatic N) is 3. The van der Waals surface area contributed by atoms with Gasteiger partial charge in [0.15, 0.2) is 0 Å². The second-order valence-corrected chi connectivity index (χ2v) is 5.27. The summed E-state index contributed by atoms with van der Waals surface area (Å²) in [5, 5.41) is 16.4. The maximum Gasteiger partial charge on any atom is 0.303 e. The van der Waals surface area contributed by atoms with Gasteiger partial charge in [-0.3, -0.25) is 4.79 Å². The van der Waals surface area contributed by atoms with Crippen LogP contribution in [0, 0.1) is 5.82 Å². The molecule has 0 aliphatic carbocycles. The number of carbonyl (C=O) groups is 1. The number of carboxylic acids is 1. The highest BCUT2D eigenvalue weighted by molar-refractivity contribution is 9.10. The van der Waals surface area contributed by atoms with E-state index in [0.717, 1.165) is 5.69 Å². The minimum Gasteiger partial charge on any atom is -0.481 e. The van der Waals surface area contributed by atoms with Crippen molar-refractivity contribution in [1.29, 1.82) is 0 Å². The third-order valence-electron chi connectivity index (χ3n) is 2.77. The van der Waals surface area contributed by atoms with Crippen LogP contribution >= 0.6 is 15.9 Å². The summed E-state index contributed by atoms with van der Waals surface area (Å²) in [4.78, 5) is 10.4. The lowest BCUT2D eigenvalue weighted by molar-refractivity contribution is -0.137. The lowest BCUT2D eigenvalue weighted by atomic mass is 10.1. The molecule has 0 radical (unpaired) electrons. The van der Waals surface area contributed by atoms with Crippen LogP contribution in [0.15, 0.2) is 28.9 Å². The predicted molar refractivity (Wildman–Crippen MR) is 74.2 cm³/mol. The van der Waals surface area contributed by atoms with Gasteiger partial charge >= 0.3 is 5.97 Å². The zero-order valence-corrected chi connectivity index (χ0v) is 12.2. The van der Waals surface area contributed by atoms with Crippen LogP contribution in [-0.2, 0) is 11.2 Å². The Balaban J connectivity index is 1.99. The molecule has 0 saturated carbocycles. The molecule has 5 nitrogen and oxygen atoms in total.